The molecule has 1 aromatic heterocycles. The highest BCUT2D eigenvalue weighted by molar-refractivity contribution is 6.26. The van der Waals surface area contributed by atoms with E-state index in [-0.39, 0.29) is 5.84 Å². The highest BCUT2D eigenvalue weighted by atomic mass is 16.2. The van der Waals surface area contributed by atoms with Crippen molar-refractivity contribution in [2.24, 2.45) is 10.1 Å². The fourth-order valence-corrected chi connectivity index (χ4v) is 3.14. The van der Waals surface area contributed by atoms with Crippen molar-refractivity contribution in [3.63, 3.8) is 0 Å². The van der Waals surface area contributed by atoms with E-state index in [9.17, 15) is 9.59 Å². The summed E-state index contributed by atoms with van der Waals surface area (Å²) >= 11 is 0. The molecule has 0 bridgehead atoms. The molecule has 1 saturated heterocycles. The summed E-state index contributed by atoms with van der Waals surface area (Å²) in [6.45, 7) is 0. The van der Waals surface area contributed by atoms with E-state index in [0.29, 0.717) is 5.56 Å². The SMILES string of the molecule is CN1C(=O)N(C)C2=NNC=N[C@]2(c2c[nH]c3ccccc23)C1=O. The van der Waals surface area contributed by atoms with Gasteiger partial charge >= 0.3 is 6.03 Å². The molecular formula is C15H14N6O2. The molecular weight excluding hydrogens is 296 g/mol. The Labute approximate surface area is 131 Å². The summed E-state index contributed by atoms with van der Waals surface area (Å²) in [5, 5.41) is 5.03. The molecule has 3 amide bonds. The van der Waals surface area contributed by atoms with Crippen LogP contribution < -0.4 is 5.43 Å². The summed E-state index contributed by atoms with van der Waals surface area (Å²) in [7, 11) is 3.03. The number of para-hydroxylation sites is 1. The van der Waals surface area contributed by atoms with Gasteiger partial charge in [-0.1, -0.05) is 18.2 Å². The fraction of sp³-hybridized carbons (Fsp3) is 0.200. The van der Waals surface area contributed by atoms with Crippen LogP contribution in [-0.2, 0) is 10.3 Å². The normalized spacial score (nSPS) is 23.8. The number of amides is 3. The summed E-state index contributed by atoms with van der Waals surface area (Å²) in [5.74, 6) is -0.167. The number of carbonyl (C=O) groups excluding carboxylic acids is 2. The first-order chi connectivity index (χ1) is 11.1. The molecule has 23 heavy (non-hydrogen) atoms. The maximum absolute atomic E-state index is 13.0. The number of likely N-dealkylation sites (N-methyl/N-ethyl adjacent to an activating group) is 2. The molecule has 116 valence electrons. The highest BCUT2D eigenvalue weighted by Gasteiger charge is 2.57. The number of rotatable bonds is 1. The molecule has 0 saturated carbocycles. The number of hydrogen-bond donors (Lipinski definition) is 2. The van der Waals surface area contributed by atoms with Crippen molar-refractivity contribution in [1.29, 1.82) is 0 Å². The van der Waals surface area contributed by atoms with Crippen molar-refractivity contribution < 1.29 is 9.59 Å². The summed E-state index contributed by atoms with van der Waals surface area (Å²) in [6, 6.07) is 7.19. The second-order valence-corrected chi connectivity index (χ2v) is 5.49. The Morgan fingerprint density at radius 1 is 1.13 bits per heavy atom. The third-order valence-electron chi connectivity index (χ3n) is 4.29. The average molecular weight is 310 g/mol. The van der Waals surface area contributed by atoms with Gasteiger partial charge in [-0.05, 0) is 6.07 Å². The van der Waals surface area contributed by atoms with E-state index in [4.69, 9.17) is 0 Å². The molecule has 2 aromatic rings. The van der Waals surface area contributed by atoms with Crippen LogP contribution in [0.25, 0.3) is 10.9 Å². The van der Waals surface area contributed by atoms with Gasteiger partial charge in [0.1, 0.15) is 6.34 Å². The Bertz CT molecular complexity index is 898. The average Bonchev–Trinajstić information content (AvgIpc) is 3.02. The second-order valence-electron chi connectivity index (χ2n) is 5.49. The number of amidine groups is 1. The number of hydrazone groups is 1. The van der Waals surface area contributed by atoms with Gasteiger partial charge in [0.15, 0.2) is 5.84 Å². The minimum atomic E-state index is -1.37. The van der Waals surface area contributed by atoms with Crippen molar-refractivity contribution >= 4 is 35.0 Å². The van der Waals surface area contributed by atoms with Crippen LogP contribution >= 0.6 is 0 Å². The predicted molar refractivity (Wildman–Crippen MR) is 85.0 cm³/mol. The van der Waals surface area contributed by atoms with Gasteiger partial charge in [0.2, 0.25) is 5.54 Å². The summed E-state index contributed by atoms with van der Waals surface area (Å²) in [4.78, 5) is 35.2. The standard InChI is InChI=1S/C15H14N6O2/c1-20-12-15(17-8-18-19-12,13(22)21(2)14(20)23)10-7-16-11-6-4-3-5-9(10)11/h3-8,16H,1-2H3,(H,17,18)/t15-/m0/s1. The first-order valence-corrected chi connectivity index (χ1v) is 7.07. The number of benzene rings is 1. The zero-order valence-electron chi connectivity index (χ0n) is 12.6. The van der Waals surface area contributed by atoms with Crippen molar-refractivity contribution in [3.8, 4) is 0 Å². The van der Waals surface area contributed by atoms with Crippen LogP contribution in [0.5, 0.6) is 0 Å². The van der Waals surface area contributed by atoms with E-state index in [0.717, 1.165) is 15.8 Å². The molecule has 0 spiro atoms. The molecule has 0 aliphatic carbocycles. The van der Waals surface area contributed by atoms with E-state index in [1.165, 1.54) is 18.3 Å². The molecule has 1 aromatic carbocycles. The van der Waals surface area contributed by atoms with E-state index in [2.05, 4.69) is 20.5 Å². The van der Waals surface area contributed by atoms with Crippen LogP contribution in [0.3, 0.4) is 0 Å². The number of H-pyrrole nitrogens is 1. The van der Waals surface area contributed by atoms with Crippen molar-refractivity contribution in [1.82, 2.24) is 20.2 Å². The quantitative estimate of drug-likeness (QED) is 0.817. The van der Waals surface area contributed by atoms with Crippen LogP contribution in [0.1, 0.15) is 5.56 Å². The van der Waals surface area contributed by atoms with Crippen LogP contribution in [0.2, 0.25) is 0 Å². The van der Waals surface area contributed by atoms with E-state index in [1.807, 2.05) is 24.3 Å². The number of aromatic nitrogens is 1. The molecule has 1 atom stereocenters. The maximum Gasteiger partial charge on any atom is 0.331 e. The molecule has 2 aliphatic heterocycles. The monoisotopic (exact) mass is 310 g/mol. The van der Waals surface area contributed by atoms with Crippen molar-refractivity contribution in [2.75, 3.05) is 14.1 Å². The van der Waals surface area contributed by atoms with Gasteiger partial charge < -0.3 is 4.98 Å². The van der Waals surface area contributed by atoms with Crippen LogP contribution in [-0.4, -0.2) is 53.0 Å². The minimum Gasteiger partial charge on any atom is -0.361 e. The number of aliphatic imine (C=N–C) groups is 1. The molecule has 2 aliphatic rings. The second kappa shape index (κ2) is 4.42. The molecule has 0 unspecified atom stereocenters. The lowest BCUT2D eigenvalue weighted by atomic mass is 9.85. The van der Waals surface area contributed by atoms with E-state index < -0.39 is 17.5 Å². The number of hydrogen-bond acceptors (Lipinski definition) is 5. The van der Waals surface area contributed by atoms with Gasteiger partial charge in [-0.3, -0.25) is 20.0 Å². The lowest BCUT2D eigenvalue weighted by Crippen LogP contribution is -2.65. The molecule has 2 N–H and O–H groups in total. The number of carbonyl (C=O) groups is 2. The molecule has 8 nitrogen and oxygen atoms in total. The van der Waals surface area contributed by atoms with Gasteiger partial charge in [0, 0.05) is 36.8 Å². The van der Waals surface area contributed by atoms with Gasteiger partial charge in [-0.2, -0.15) is 5.10 Å². The van der Waals surface area contributed by atoms with Crippen LogP contribution in [0.15, 0.2) is 40.6 Å². The summed E-state index contributed by atoms with van der Waals surface area (Å²) in [6.07, 6.45) is 3.12. The van der Waals surface area contributed by atoms with Gasteiger partial charge in [-0.25, -0.2) is 9.79 Å². The smallest absolute Gasteiger partial charge is 0.331 e. The number of nitrogens with one attached hydrogen (secondary N) is 2. The van der Waals surface area contributed by atoms with E-state index >= 15 is 0 Å². The first-order valence-electron chi connectivity index (χ1n) is 7.07. The zero-order chi connectivity index (χ0) is 16.2. The lowest BCUT2D eigenvalue weighted by molar-refractivity contribution is -0.132. The molecule has 4 rings (SSSR count). The Balaban J connectivity index is 2.04. The number of nitrogens with zero attached hydrogens (tertiary/aromatic N) is 4. The highest BCUT2D eigenvalue weighted by Crippen LogP contribution is 2.39. The van der Waals surface area contributed by atoms with Gasteiger partial charge in [-0.15, -0.1) is 0 Å². The molecule has 8 heteroatoms. The number of aromatic amines is 1. The van der Waals surface area contributed by atoms with Gasteiger partial charge in [0.05, 0.1) is 0 Å². The molecule has 1 fully saturated rings. The first kappa shape index (κ1) is 13.5. The van der Waals surface area contributed by atoms with Crippen molar-refractivity contribution in [2.45, 2.75) is 5.54 Å². The predicted octanol–water partition coefficient (Wildman–Crippen LogP) is 0.832. The Morgan fingerprint density at radius 3 is 2.74 bits per heavy atom. The van der Waals surface area contributed by atoms with Gasteiger partial charge in [0.25, 0.3) is 5.91 Å². The number of fused-ring (bicyclic) bond motifs is 2. The van der Waals surface area contributed by atoms with Crippen LogP contribution in [0.4, 0.5) is 4.79 Å². The maximum atomic E-state index is 13.0. The number of urea groups is 1. The third-order valence-corrected chi connectivity index (χ3v) is 4.29. The molecule has 0 radical (unpaired) electrons. The minimum absolute atomic E-state index is 0.262. The molecule has 3 heterocycles. The summed E-state index contributed by atoms with van der Waals surface area (Å²) in [5.41, 5.74) is 2.81. The zero-order valence-corrected chi connectivity index (χ0v) is 12.6. The third kappa shape index (κ3) is 1.54. The fourth-order valence-electron chi connectivity index (χ4n) is 3.14. The lowest BCUT2D eigenvalue weighted by Gasteiger charge is -2.42. The largest absolute Gasteiger partial charge is 0.361 e. The Kier molecular flexibility index (Phi) is 2.59. The van der Waals surface area contributed by atoms with Crippen molar-refractivity contribution in [3.05, 3.63) is 36.0 Å². The summed E-state index contributed by atoms with van der Waals surface area (Å²) < 4.78 is 0. The van der Waals surface area contributed by atoms with Crippen LogP contribution in [0, 0.1) is 0 Å². The van der Waals surface area contributed by atoms with E-state index in [1.54, 1.807) is 13.2 Å². The Hall–Kier alpha value is -3.16. The topological polar surface area (TPSA) is 93.2 Å². The number of imide groups is 1. The Morgan fingerprint density at radius 2 is 1.91 bits per heavy atom.